The summed E-state index contributed by atoms with van der Waals surface area (Å²) < 4.78 is 6.43. The van der Waals surface area contributed by atoms with Gasteiger partial charge in [-0.15, -0.1) is 23.1 Å². The van der Waals surface area contributed by atoms with E-state index in [4.69, 9.17) is 9.72 Å². The summed E-state index contributed by atoms with van der Waals surface area (Å²) in [6.07, 6.45) is 2.61. The molecular weight excluding hydrogens is 388 g/mol. The average Bonchev–Trinajstić information content (AvgIpc) is 3.18. The maximum atomic E-state index is 12.6. The van der Waals surface area contributed by atoms with Crippen LogP contribution < -0.4 is 4.74 Å². The third-order valence-electron chi connectivity index (χ3n) is 5.15. The number of para-hydroxylation sites is 1. The highest BCUT2D eigenvalue weighted by atomic mass is 32.2. The van der Waals surface area contributed by atoms with E-state index in [-0.39, 0.29) is 5.91 Å². The zero-order valence-electron chi connectivity index (χ0n) is 16.0. The lowest BCUT2D eigenvalue weighted by Crippen LogP contribution is -2.38. The Balaban J connectivity index is 1.24. The van der Waals surface area contributed by atoms with Crippen molar-refractivity contribution in [3.05, 3.63) is 53.5 Å². The second-order valence-electron chi connectivity index (χ2n) is 6.95. The van der Waals surface area contributed by atoms with Crippen LogP contribution in [0.15, 0.2) is 53.4 Å². The number of amides is 1. The van der Waals surface area contributed by atoms with Crippen molar-refractivity contribution in [2.75, 3.05) is 26.0 Å². The van der Waals surface area contributed by atoms with Gasteiger partial charge >= 0.3 is 0 Å². The molecule has 0 N–H and O–H groups in total. The highest BCUT2D eigenvalue weighted by Crippen LogP contribution is 2.34. The van der Waals surface area contributed by atoms with Crippen LogP contribution in [0.1, 0.15) is 30.2 Å². The first-order valence-electron chi connectivity index (χ1n) is 9.63. The van der Waals surface area contributed by atoms with Gasteiger partial charge in [0.15, 0.2) is 0 Å². The Labute approximate surface area is 173 Å². The van der Waals surface area contributed by atoms with Gasteiger partial charge in [-0.3, -0.25) is 4.79 Å². The van der Waals surface area contributed by atoms with Crippen LogP contribution in [0, 0.1) is 0 Å². The number of hydrogen-bond acceptors (Lipinski definition) is 5. The molecule has 1 aliphatic rings. The highest BCUT2D eigenvalue weighted by molar-refractivity contribution is 7.99. The number of methoxy groups -OCH3 is 1. The molecule has 2 aromatic carbocycles. The Morgan fingerprint density at radius 3 is 2.64 bits per heavy atom. The topological polar surface area (TPSA) is 42.4 Å². The molecule has 28 heavy (non-hydrogen) atoms. The van der Waals surface area contributed by atoms with E-state index in [0.29, 0.717) is 12.3 Å². The summed E-state index contributed by atoms with van der Waals surface area (Å²) in [5, 5.41) is 1.23. The molecule has 0 aliphatic carbocycles. The van der Waals surface area contributed by atoms with E-state index in [1.54, 1.807) is 30.2 Å². The molecule has 0 spiro atoms. The van der Waals surface area contributed by atoms with Gasteiger partial charge in [-0.05, 0) is 49.2 Å². The molecular formula is C22H24N2O2S2. The highest BCUT2D eigenvalue weighted by Gasteiger charge is 2.25. The number of thioether (sulfide) groups is 1. The number of nitrogens with zero attached hydrogens (tertiary/aromatic N) is 2. The van der Waals surface area contributed by atoms with Crippen molar-refractivity contribution < 1.29 is 9.53 Å². The molecule has 6 heteroatoms. The van der Waals surface area contributed by atoms with Crippen molar-refractivity contribution in [2.45, 2.75) is 30.1 Å². The molecule has 4 nitrogen and oxygen atoms in total. The van der Waals surface area contributed by atoms with Gasteiger partial charge in [-0.25, -0.2) is 4.98 Å². The van der Waals surface area contributed by atoms with E-state index in [1.807, 2.05) is 35.2 Å². The minimum atomic E-state index is 0.267. The van der Waals surface area contributed by atoms with Crippen molar-refractivity contribution in [2.24, 2.45) is 0 Å². The zero-order chi connectivity index (χ0) is 19.3. The molecule has 146 valence electrons. The SMILES string of the molecule is COc1ccc(SCCC(=O)N2CCC(c3nc4ccccc4s3)CC2)cc1. The first-order valence-corrected chi connectivity index (χ1v) is 11.4. The zero-order valence-corrected chi connectivity index (χ0v) is 17.6. The van der Waals surface area contributed by atoms with Crippen molar-refractivity contribution in [1.82, 2.24) is 9.88 Å². The molecule has 0 unspecified atom stereocenters. The molecule has 0 atom stereocenters. The predicted molar refractivity (Wildman–Crippen MR) is 117 cm³/mol. The van der Waals surface area contributed by atoms with Crippen LogP contribution in [-0.4, -0.2) is 41.7 Å². The molecule has 0 radical (unpaired) electrons. The smallest absolute Gasteiger partial charge is 0.223 e. The number of likely N-dealkylation sites (tertiary alicyclic amines) is 1. The van der Waals surface area contributed by atoms with E-state index in [2.05, 4.69) is 18.2 Å². The summed E-state index contributed by atoms with van der Waals surface area (Å²) in [7, 11) is 1.67. The number of carbonyl (C=O) groups is 1. The molecule has 2 heterocycles. The van der Waals surface area contributed by atoms with Crippen molar-refractivity contribution >= 4 is 39.2 Å². The molecule has 1 amide bonds. The van der Waals surface area contributed by atoms with Gasteiger partial charge in [0, 0.05) is 36.1 Å². The average molecular weight is 413 g/mol. The largest absolute Gasteiger partial charge is 0.497 e. The van der Waals surface area contributed by atoms with Crippen LogP contribution >= 0.6 is 23.1 Å². The lowest BCUT2D eigenvalue weighted by Gasteiger charge is -2.31. The van der Waals surface area contributed by atoms with Crippen molar-refractivity contribution in [3.63, 3.8) is 0 Å². The normalized spacial score (nSPS) is 15.1. The van der Waals surface area contributed by atoms with E-state index in [1.165, 1.54) is 14.6 Å². The van der Waals surface area contributed by atoms with E-state index in [9.17, 15) is 4.79 Å². The van der Waals surface area contributed by atoms with Gasteiger partial charge in [0.05, 0.1) is 22.3 Å². The Kier molecular flexibility index (Phi) is 6.17. The summed E-state index contributed by atoms with van der Waals surface area (Å²) in [6.45, 7) is 1.68. The molecule has 1 fully saturated rings. The monoisotopic (exact) mass is 412 g/mol. The molecule has 0 bridgehead atoms. The number of piperidine rings is 1. The molecule has 3 aromatic rings. The van der Waals surface area contributed by atoms with Gasteiger partial charge < -0.3 is 9.64 Å². The summed E-state index contributed by atoms with van der Waals surface area (Å²) in [5.41, 5.74) is 1.09. The van der Waals surface area contributed by atoms with E-state index in [0.717, 1.165) is 43.0 Å². The number of ether oxygens (including phenoxy) is 1. The number of aromatic nitrogens is 1. The first-order chi connectivity index (χ1) is 13.7. The van der Waals surface area contributed by atoms with Crippen LogP contribution in [-0.2, 0) is 4.79 Å². The summed E-state index contributed by atoms with van der Waals surface area (Å²) >= 11 is 3.52. The fourth-order valence-corrected chi connectivity index (χ4v) is 5.50. The second kappa shape index (κ2) is 8.97. The summed E-state index contributed by atoms with van der Waals surface area (Å²) in [6, 6.07) is 16.3. The lowest BCUT2D eigenvalue weighted by atomic mass is 9.97. The third kappa shape index (κ3) is 4.50. The van der Waals surface area contributed by atoms with Gasteiger partial charge in [0.1, 0.15) is 5.75 Å². The number of thiazole rings is 1. The van der Waals surface area contributed by atoms with Gasteiger partial charge in [0.2, 0.25) is 5.91 Å². The van der Waals surface area contributed by atoms with Crippen molar-refractivity contribution in [1.29, 1.82) is 0 Å². The fraction of sp³-hybridized carbons (Fsp3) is 0.364. The maximum absolute atomic E-state index is 12.6. The van der Waals surface area contributed by atoms with Crippen LogP contribution in [0.5, 0.6) is 5.75 Å². The standard InChI is InChI=1S/C22H24N2O2S2/c1-26-17-6-8-18(9-7-17)27-15-12-21(25)24-13-10-16(11-14-24)22-23-19-4-2-3-5-20(19)28-22/h2-9,16H,10-15H2,1H3. The van der Waals surface area contributed by atoms with Crippen LogP contribution in [0.4, 0.5) is 0 Å². The Bertz CT molecular complexity index is 898. The van der Waals surface area contributed by atoms with Crippen molar-refractivity contribution in [3.8, 4) is 5.75 Å². The summed E-state index contributed by atoms with van der Waals surface area (Å²) in [4.78, 5) is 20.6. The molecule has 4 rings (SSSR count). The Morgan fingerprint density at radius 2 is 1.93 bits per heavy atom. The maximum Gasteiger partial charge on any atom is 0.223 e. The van der Waals surface area contributed by atoms with Gasteiger partial charge in [-0.1, -0.05) is 12.1 Å². The van der Waals surface area contributed by atoms with Crippen LogP contribution in [0.25, 0.3) is 10.2 Å². The van der Waals surface area contributed by atoms with Crippen LogP contribution in [0.2, 0.25) is 0 Å². The minimum absolute atomic E-state index is 0.267. The van der Waals surface area contributed by atoms with Gasteiger partial charge in [-0.2, -0.15) is 0 Å². The first kappa shape index (κ1) is 19.3. The molecule has 1 saturated heterocycles. The second-order valence-corrected chi connectivity index (χ2v) is 9.18. The number of rotatable bonds is 6. The predicted octanol–water partition coefficient (Wildman–Crippen LogP) is 5.19. The number of hydrogen-bond donors (Lipinski definition) is 0. The Morgan fingerprint density at radius 1 is 1.18 bits per heavy atom. The third-order valence-corrected chi connectivity index (χ3v) is 7.36. The number of benzene rings is 2. The van der Waals surface area contributed by atoms with E-state index >= 15 is 0 Å². The quantitative estimate of drug-likeness (QED) is 0.522. The lowest BCUT2D eigenvalue weighted by molar-refractivity contribution is -0.131. The summed E-state index contributed by atoms with van der Waals surface area (Å²) in [5.74, 6) is 2.42. The fourth-order valence-electron chi connectivity index (χ4n) is 3.53. The van der Waals surface area contributed by atoms with Gasteiger partial charge in [0.25, 0.3) is 0 Å². The Hall–Kier alpha value is -2.05. The molecule has 1 aliphatic heterocycles. The number of fused-ring (bicyclic) bond motifs is 1. The molecule has 1 aromatic heterocycles. The minimum Gasteiger partial charge on any atom is -0.497 e. The van der Waals surface area contributed by atoms with E-state index < -0.39 is 0 Å². The number of carbonyl (C=O) groups excluding carboxylic acids is 1. The molecule has 0 saturated carbocycles. The van der Waals surface area contributed by atoms with Crippen LogP contribution in [0.3, 0.4) is 0 Å².